The van der Waals surface area contributed by atoms with E-state index >= 15 is 0 Å². The van der Waals surface area contributed by atoms with Crippen molar-refractivity contribution in [2.24, 2.45) is 0 Å². The predicted octanol–water partition coefficient (Wildman–Crippen LogP) is 1.96. The summed E-state index contributed by atoms with van der Waals surface area (Å²) in [5.41, 5.74) is 0. The Morgan fingerprint density at radius 3 is 2.62 bits per heavy atom. The molecule has 0 aromatic rings. The fourth-order valence-corrected chi connectivity index (χ4v) is 1.06. The fraction of sp³-hybridized carbons (Fsp3) is 0.700. The van der Waals surface area contributed by atoms with Gasteiger partial charge in [0.25, 0.3) is 0 Å². The summed E-state index contributed by atoms with van der Waals surface area (Å²) < 4.78 is 0. The van der Waals surface area contributed by atoms with Crippen LogP contribution in [0, 0.1) is 0 Å². The van der Waals surface area contributed by atoms with Gasteiger partial charge in [0.1, 0.15) is 0 Å². The number of allylic oxidation sites excluding steroid dienone is 1. The van der Waals surface area contributed by atoms with Gasteiger partial charge in [-0.3, -0.25) is 0 Å². The quantitative estimate of drug-likeness (QED) is 0.472. The lowest BCUT2D eigenvalue weighted by Gasteiger charge is -2.01. The monoisotopic (exact) mass is 186 g/mol. The average Bonchev–Trinajstić information content (AvgIpc) is 2.01. The van der Waals surface area contributed by atoms with Crippen LogP contribution in [-0.4, -0.2) is 22.3 Å². The van der Waals surface area contributed by atoms with E-state index in [-0.39, 0.29) is 6.10 Å². The summed E-state index contributed by atoms with van der Waals surface area (Å²) in [5.74, 6) is -0.885. The fourth-order valence-electron chi connectivity index (χ4n) is 1.06. The van der Waals surface area contributed by atoms with Gasteiger partial charge in [0.15, 0.2) is 0 Å². The molecule has 0 rings (SSSR count). The first kappa shape index (κ1) is 12.2. The van der Waals surface area contributed by atoms with Gasteiger partial charge >= 0.3 is 5.97 Å². The smallest absolute Gasteiger partial charge is 0.327 e. The van der Waals surface area contributed by atoms with Crippen molar-refractivity contribution in [1.82, 2.24) is 0 Å². The van der Waals surface area contributed by atoms with Gasteiger partial charge in [-0.2, -0.15) is 0 Å². The van der Waals surface area contributed by atoms with E-state index in [0.717, 1.165) is 32.1 Å². The van der Waals surface area contributed by atoms with E-state index in [2.05, 4.69) is 0 Å². The maximum absolute atomic E-state index is 10.1. The van der Waals surface area contributed by atoms with E-state index < -0.39 is 5.97 Å². The van der Waals surface area contributed by atoms with Crippen LogP contribution in [-0.2, 0) is 4.79 Å². The second-order valence-electron chi connectivity index (χ2n) is 3.23. The number of hydrogen-bond donors (Lipinski definition) is 2. The molecule has 0 fully saturated rings. The van der Waals surface area contributed by atoms with Crippen molar-refractivity contribution in [1.29, 1.82) is 0 Å². The summed E-state index contributed by atoms with van der Waals surface area (Å²) in [6, 6.07) is 0. The second kappa shape index (κ2) is 7.80. The van der Waals surface area contributed by atoms with Crippen LogP contribution in [0.4, 0.5) is 0 Å². The minimum absolute atomic E-state index is 0.213. The molecule has 13 heavy (non-hydrogen) atoms. The van der Waals surface area contributed by atoms with Gasteiger partial charge in [-0.05, 0) is 26.2 Å². The van der Waals surface area contributed by atoms with Gasteiger partial charge < -0.3 is 10.2 Å². The number of aliphatic carboxylic acids is 1. The summed E-state index contributed by atoms with van der Waals surface area (Å²) in [4.78, 5) is 10.1. The number of unbranched alkanes of at least 4 members (excludes halogenated alkanes) is 3. The third-order valence-electron chi connectivity index (χ3n) is 1.75. The van der Waals surface area contributed by atoms with Gasteiger partial charge in [0.05, 0.1) is 6.10 Å². The van der Waals surface area contributed by atoms with Crippen LogP contribution in [0.5, 0.6) is 0 Å². The number of aliphatic hydroxyl groups is 1. The van der Waals surface area contributed by atoms with Crippen molar-refractivity contribution < 1.29 is 15.0 Å². The molecule has 0 aliphatic carbocycles. The molecule has 0 amide bonds. The highest BCUT2D eigenvalue weighted by atomic mass is 16.4. The molecule has 0 spiro atoms. The molecular formula is C10H18O3. The Balaban J connectivity index is 3.13. The third kappa shape index (κ3) is 11.2. The van der Waals surface area contributed by atoms with E-state index in [1.165, 1.54) is 6.08 Å². The van der Waals surface area contributed by atoms with Gasteiger partial charge in [0, 0.05) is 6.08 Å². The van der Waals surface area contributed by atoms with Crippen LogP contribution < -0.4 is 0 Å². The number of carbonyl (C=O) groups is 1. The van der Waals surface area contributed by atoms with Gasteiger partial charge in [-0.25, -0.2) is 4.79 Å². The summed E-state index contributed by atoms with van der Waals surface area (Å²) >= 11 is 0. The first-order chi connectivity index (χ1) is 6.13. The summed E-state index contributed by atoms with van der Waals surface area (Å²) in [6.07, 6.45) is 7.34. The van der Waals surface area contributed by atoms with Crippen molar-refractivity contribution in [3.63, 3.8) is 0 Å². The normalized spacial score (nSPS) is 13.4. The molecule has 0 saturated carbocycles. The molecule has 3 heteroatoms. The number of aliphatic hydroxyl groups excluding tert-OH is 1. The van der Waals surface area contributed by atoms with Crippen molar-refractivity contribution in [2.45, 2.75) is 45.1 Å². The average molecular weight is 186 g/mol. The van der Waals surface area contributed by atoms with E-state index in [4.69, 9.17) is 10.2 Å². The van der Waals surface area contributed by atoms with E-state index in [1.54, 1.807) is 13.0 Å². The lowest BCUT2D eigenvalue weighted by Crippen LogP contribution is -1.97. The maximum Gasteiger partial charge on any atom is 0.327 e. The topological polar surface area (TPSA) is 57.5 Å². The molecular weight excluding hydrogens is 168 g/mol. The zero-order valence-corrected chi connectivity index (χ0v) is 8.07. The molecule has 0 radical (unpaired) electrons. The second-order valence-corrected chi connectivity index (χ2v) is 3.23. The largest absolute Gasteiger partial charge is 0.478 e. The first-order valence-electron chi connectivity index (χ1n) is 4.70. The zero-order chi connectivity index (χ0) is 10.1. The van der Waals surface area contributed by atoms with Gasteiger partial charge in [-0.1, -0.05) is 18.9 Å². The number of carboxylic acids is 1. The molecule has 0 aromatic heterocycles. The van der Waals surface area contributed by atoms with Crippen LogP contribution in [0.2, 0.25) is 0 Å². The Kier molecular flexibility index (Phi) is 7.30. The van der Waals surface area contributed by atoms with Gasteiger partial charge in [-0.15, -0.1) is 0 Å². The van der Waals surface area contributed by atoms with E-state index in [9.17, 15) is 4.79 Å². The molecule has 0 aliphatic heterocycles. The van der Waals surface area contributed by atoms with Crippen LogP contribution >= 0.6 is 0 Å². The van der Waals surface area contributed by atoms with Crippen molar-refractivity contribution in [3.8, 4) is 0 Å². The Morgan fingerprint density at radius 1 is 1.38 bits per heavy atom. The highest BCUT2D eigenvalue weighted by molar-refractivity contribution is 5.79. The van der Waals surface area contributed by atoms with E-state index in [1.807, 2.05) is 0 Å². The lowest BCUT2D eigenvalue weighted by atomic mass is 10.1. The zero-order valence-electron chi connectivity index (χ0n) is 8.07. The Morgan fingerprint density at radius 2 is 2.08 bits per heavy atom. The molecule has 1 atom stereocenters. The number of hydrogen-bond acceptors (Lipinski definition) is 2. The SMILES string of the molecule is CC(O)CCCCCC=CC(=O)O. The highest BCUT2D eigenvalue weighted by Gasteiger charge is 1.94. The molecule has 1 unspecified atom stereocenters. The first-order valence-corrected chi connectivity index (χ1v) is 4.70. The molecule has 0 aliphatic rings. The van der Waals surface area contributed by atoms with Crippen LogP contribution in [0.25, 0.3) is 0 Å². The van der Waals surface area contributed by atoms with Crippen LogP contribution in [0.3, 0.4) is 0 Å². The summed E-state index contributed by atoms with van der Waals surface area (Å²) in [6.45, 7) is 1.78. The van der Waals surface area contributed by atoms with Crippen molar-refractivity contribution in [2.75, 3.05) is 0 Å². The Bertz CT molecular complexity index is 162. The molecule has 3 nitrogen and oxygen atoms in total. The summed E-state index contributed by atoms with van der Waals surface area (Å²) in [7, 11) is 0. The van der Waals surface area contributed by atoms with E-state index in [0.29, 0.717) is 0 Å². The maximum atomic E-state index is 10.1. The predicted molar refractivity (Wildman–Crippen MR) is 51.5 cm³/mol. The molecule has 0 saturated heterocycles. The molecule has 0 aromatic carbocycles. The molecule has 0 heterocycles. The number of rotatable bonds is 7. The Hall–Kier alpha value is -0.830. The van der Waals surface area contributed by atoms with Crippen LogP contribution in [0.1, 0.15) is 39.0 Å². The molecule has 76 valence electrons. The standard InChI is InChI=1S/C10H18O3/c1-9(11)7-5-3-2-4-6-8-10(12)13/h6,8-9,11H,2-5,7H2,1H3,(H,12,13). The van der Waals surface area contributed by atoms with Gasteiger partial charge in [0.2, 0.25) is 0 Å². The third-order valence-corrected chi connectivity index (χ3v) is 1.75. The van der Waals surface area contributed by atoms with Crippen LogP contribution in [0.15, 0.2) is 12.2 Å². The lowest BCUT2D eigenvalue weighted by molar-refractivity contribution is -0.131. The summed E-state index contributed by atoms with van der Waals surface area (Å²) in [5, 5.41) is 17.2. The highest BCUT2D eigenvalue weighted by Crippen LogP contribution is 2.05. The van der Waals surface area contributed by atoms with Crippen molar-refractivity contribution in [3.05, 3.63) is 12.2 Å². The molecule has 0 bridgehead atoms. The minimum Gasteiger partial charge on any atom is -0.478 e. The molecule has 2 N–H and O–H groups in total. The minimum atomic E-state index is -0.885. The Labute approximate surface area is 79.1 Å². The number of carboxylic acid groups (broad SMARTS) is 1. The van der Waals surface area contributed by atoms with Crippen molar-refractivity contribution >= 4 is 5.97 Å².